The summed E-state index contributed by atoms with van der Waals surface area (Å²) >= 11 is 0. The van der Waals surface area contributed by atoms with Crippen LogP contribution in [0.4, 0.5) is 5.69 Å². The maximum atomic E-state index is 12.6. The van der Waals surface area contributed by atoms with Gasteiger partial charge in [0, 0.05) is 19.7 Å². The lowest BCUT2D eigenvalue weighted by atomic mass is 10.0. The maximum Gasteiger partial charge on any atom is 0.255 e. The summed E-state index contributed by atoms with van der Waals surface area (Å²) in [4.78, 5) is 23.1. The van der Waals surface area contributed by atoms with Crippen LogP contribution in [-0.4, -0.2) is 44.3 Å². The van der Waals surface area contributed by atoms with Crippen molar-refractivity contribution in [1.82, 2.24) is 9.73 Å². The van der Waals surface area contributed by atoms with Crippen LogP contribution in [0.2, 0.25) is 0 Å². The van der Waals surface area contributed by atoms with E-state index in [2.05, 4.69) is 29.7 Å². The van der Waals surface area contributed by atoms with E-state index in [1.807, 2.05) is 24.3 Å². The van der Waals surface area contributed by atoms with Crippen molar-refractivity contribution < 1.29 is 18.0 Å². The molecule has 8 nitrogen and oxygen atoms in total. The molecule has 0 bridgehead atoms. The standard InChI is InChI=1S/C21H26N4O4S/c1-15(2)18-7-5-17(6-8-18)13-22-24-21(27)14-25(4)30(28,29)20-11-9-19(10-12-20)23-16(3)26/h5-13,15H,14H2,1-4H3,(H,23,26)(H,24,27)/b22-13-. The zero-order valence-corrected chi connectivity index (χ0v) is 18.2. The number of rotatable bonds is 8. The zero-order valence-electron chi connectivity index (χ0n) is 17.4. The van der Waals surface area contributed by atoms with Gasteiger partial charge in [-0.1, -0.05) is 38.1 Å². The van der Waals surface area contributed by atoms with Crippen LogP contribution in [0.3, 0.4) is 0 Å². The fraction of sp³-hybridized carbons (Fsp3) is 0.286. The van der Waals surface area contributed by atoms with Gasteiger partial charge in [0.2, 0.25) is 15.9 Å². The van der Waals surface area contributed by atoms with Gasteiger partial charge in [-0.25, -0.2) is 13.8 Å². The number of nitrogens with one attached hydrogen (secondary N) is 2. The van der Waals surface area contributed by atoms with E-state index in [4.69, 9.17) is 0 Å². The maximum absolute atomic E-state index is 12.6. The Kier molecular flexibility index (Phi) is 7.85. The highest BCUT2D eigenvalue weighted by Gasteiger charge is 2.22. The lowest BCUT2D eigenvalue weighted by molar-refractivity contribution is -0.121. The van der Waals surface area contributed by atoms with Crippen molar-refractivity contribution in [2.75, 3.05) is 18.9 Å². The molecule has 0 atom stereocenters. The van der Waals surface area contributed by atoms with E-state index in [1.165, 1.54) is 50.0 Å². The van der Waals surface area contributed by atoms with E-state index >= 15 is 0 Å². The number of hydrogen-bond acceptors (Lipinski definition) is 5. The molecule has 0 heterocycles. The first-order valence-electron chi connectivity index (χ1n) is 9.35. The minimum atomic E-state index is -3.86. The van der Waals surface area contributed by atoms with Crippen LogP contribution in [0.15, 0.2) is 58.5 Å². The average molecular weight is 431 g/mol. The van der Waals surface area contributed by atoms with Gasteiger partial charge in [-0.2, -0.15) is 9.41 Å². The first-order valence-corrected chi connectivity index (χ1v) is 10.8. The van der Waals surface area contributed by atoms with E-state index in [-0.39, 0.29) is 17.3 Å². The molecule has 0 radical (unpaired) electrons. The molecule has 0 spiro atoms. The first kappa shape index (κ1) is 23.2. The molecule has 0 saturated carbocycles. The number of anilines is 1. The minimum absolute atomic E-state index is 0.0145. The summed E-state index contributed by atoms with van der Waals surface area (Å²) in [5.74, 6) is -0.392. The summed E-state index contributed by atoms with van der Waals surface area (Å²) in [5.41, 5.74) is 4.84. The van der Waals surface area contributed by atoms with Crippen LogP contribution in [0, 0.1) is 0 Å². The van der Waals surface area contributed by atoms with Gasteiger partial charge < -0.3 is 5.32 Å². The predicted molar refractivity (Wildman–Crippen MR) is 117 cm³/mol. The summed E-state index contributed by atoms with van der Waals surface area (Å²) in [6.07, 6.45) is 1.50. The average Bonchev–Trinajstić information content (AvgIpc) is 2.68. The number of carbonyl (C=O) groups excluding carboxylic acids is 2. The summed E-state index contributed by atoms with van der Waals surface area (Å²) < 4.78 is 26.1. The SMILES string of the molecule is CC(=O)Nc1ccc(S(=O)(=O)N(C)CC(=O)N/N=C\c2ccc(C(C)C)cc2)cc1. The molecule has 2 N–H and O–H groups in total. The number of amides is 2. The highest BCUT2D eigenvalue weighted by atomic mass is 32.2. The number of nitrogens with zero attached hydrogens (tertiary/aromatic N) is 2. The number of sulfonamides is 1. The largest absolute Gasteiger partial charge is 0.326 e. The van der Waals surface area contributed by atoms with Crippen LogP contribution >= 0.6 is 0 Å². The number of carbonyl (C=O) groups is 2. The molecule has 0 aliphatic rings. The van der Waals surface area contributed by atoms with Gasteiger partial charge in [0.15, 0.2) is 0 Å². The lowest BCUT2D eigenvalue weighted by Crippen LogP contribution is -2.36. The van der Waals surface area contributed by atoms with Gasteiger partial charge in [-0.3, -0.25) is 9.59 Å². The third-order valence-corrected chi connectivity index (χ3v) is 6.07. The smallest absolute Gasteiger partial charge is 0.255 e. The van der Waals surface area contributed by atoms with Crippen molar-refractivity contribution >= 4 is 33.7 Å². The topological polar surface area (TPSA) is 108 Å². The Hall–Kier alpha value is -3.04. The Morgan fingerprint density at radius 2 is 1.67 bits per heavy atom. The minimum Gasteiger partial charge on any atom is -0.326 e. The van der Waals surface area contributed by atoms with Crippen molar-refractivity contribution in [3.63, 3.8) is 0 Å². The summed E-state index contributed by atoms with van der Waals surface area (Å²) in [5, 5.41) is 6.44. The second-order valence-electron chi connectivity index (χ2n) is 7.08. The first-order chi connectivity index (χ1) is 14.1. The third kappa shape index (κ3) is 6.50. The van der Waals surface area contributed by atoms with Crippen molar-refractivity contribution in [2.24, 2.45) is 5.10 Å². The number of hydrogen-bond donors (Lipinski definition) is 2. The molecule has 30 heavy (non-hydrogen) atoms. The predicted octanol–water partition coefficient (Wildman–Crippen LogP) is 2.54. The monoisotopic (exact) mass is 430 g/mol. The Balaban J connectivity index is 1.94. The van der Waals surface area contributed by atoms with E-state index in [0.717, 1.165) is 9.87 Å². The molecule has 160 valence electrons. The number of likely N-dealkylation sites (N-methyl/N-ethyl adjacent to an activating group) is 1. The van der Waals surface area contributed by atoms with Crippen LogP contribution in [-0.2, 0) is 19.6 Å². The molecule has 0 aromatic heterocycles. The van der Waals surface area contributed by atoms with E-state index < -0.39 is 15.9 Å². The summed E-state index contributed by atoms with van der Waals surface area (Å²) in [7, 11) is -2.55. The highest BCUT2D eigenvalue weighted by molar-refractivity contribution is 7.89. The Morgan fingerprint density at radius 3 is 2.20 bits per heavy atom. The van der Waals surface area contributed by atoms with Gasteiger partial charge in [0.1, 0.15) is 0 Å². The molecule has 0 aliphatic carbocycles. The van der Waals surface area contributed by atoms with Crippen LogP contribution < -0.4 is 10.7 Å². The Labute approximate surface area is 177 Å². The third-order valence-electron chi connectivity index (χ3n) is 4.26. The molecule has 0 saturated heterocycles. The van der Waals surface area contributed by atoms with Crippen LogP contribution in [0.1, 0.15) is 37.8 Å². The molecule has 2 aromatic rings. The zero-order chi connectivity index (χ0) is 22.3. The molecule has 0 unspecified atom stereocenters. The van der Waals surface area contributed by atoms with Crippen LogP contribution in [0.25, 0.3) is 0 Å². The molecule has 2 aromatic carbocycles. The summed E-state index contributed by atoms with van der Waals surface area (Å²) in [6, 6.07) is 13.5. The quantitative estimate of drug-likeness (QED) is 0.496. The van der Waals surface area contributed by atoms with Crippen molar-refractivity contribution in [3.05, 3.63) is 59.7 Å². The second kappa shape index (κ2) is 10.1. The molecule has 0 aliphatic heterocycles. The number of hydrazone groups is 1. The fourth-order valence-electron chi connectivity index (χ4n) is 2.56. The molecule has 2 amide bonds. The van der Waals surface area contributed by atoms with Gasteiger partial charge in [-0.15, -0.1) is 0 Å². The van der Waals surface area contributed by atoms with E-state index in [9.17, 15) is 18.0 Å². The molecule has 9 heteroatoms. The van der Waals surface area contributed by atoms with Crippen molar-refractivity contribution in [3.8, 4) is 0 Å². The van der Waals surface area contributed by atoms with Crippen molar-refractivity contribution in [2.45, 2.75) is 31.6 Å². The lowest BCUT2D eigenvalue weighted by Gasteiger charge is -2.16. The molecular formula is C21H26N4O4S. The molecular weight excluding hydrogens is 404 g/mol. The molecule has 2 rings (SSSR count). The highest BCUT2D eigenvalue weighted by Crippen LogP contribution is 2.17. The number of benzene rings is 2. The second-order valence-corrected chi connectivity index (χ2v) is 9.13. The Morgan fingerprint density at radius 1 is 1.07 bits per heavy atom. The van der Waals surface area contributed by atoms with Crippen molar-refractivity contribution in [1.29, 1.82) is 0 Å². The van der Waals surface area contributed by atoms with E-state index in [1.54, 1.807) is 0 Å². The van der Waals surface area contributed by atoms with E-state index in [0.29, 0.717) is 11.6 Å². The van der Waals surface area contributed by atoms with Crippen LogP contribution in [0.5, 0.6) is 0 Å². The summed E-state index contributed by atoms with van der Waals surface area (Å²) in [6.45, 7) is 5.18. The van der Waals surface area contributed by atoms with Gasteiger partial charge in [0.05, 0.1) is 17.7 Å². The van der Waals surface area contributed by atoms with Gasteiger partial charge >= 0.3 is 0 Å². The Bertz CT molecular complexity index is 1010. The van der Waals surface area contributed by atoms with Gasteiger partial charge in [0.25, 0.3) is 5.91 Å². The normalized spacial score (nSPS) is 11.8. The van der Waals surface area contributed by atoms with Gasteiger partial charge in [-0.05, 0) is 41.3 Å². The molecule has 0 fully saturated rings. The fourth-order valence-corrected chi connectivity index (χ4v) is 3.69.